The van der Waals surface area contributed by atoms with E-state index in [0.29, 0.717) is 12.6 Å². The Balaban J connectivity index is 2.20. The van der Waals surface area contributed by atoms with Crippen LogP contribution >= 0.6 is 0 Å². The first-order valence-electron chi connectivity index (χ1n) is 6.24. The van der Waals surface area contributed by atoms with E-state index in [2.05, 4.69) is 20.6 Å². The highest BCUT2D eigenvalue weighted by Gasteiger charge is 2.02. The molecule has 2 aromatic rings. The molecule has 2 N–H and O–H groups in total. The Morgan fingerprint density at radius 1 is 1.21 bits per heavy atom. The van der Waals surface area contributed by atoms with Gasteiger partial charge >= 0.3 is 0 Å². The molecule has 0 saturated carbocycles. The minimum absolute atomic E-state index is 0.600. The fourth-order valence-electron chi connectivity index (χ4n) is 1.72. The van der Waals surface area contributed by atoms with Gasteiger partial charge in [0, 0.05) is 30.6 Å². The van der Waals surface area contributed by atoms with Gasteiger partial charge in [0.2, 0.25) is 5.95 Å². The minimum atomic E-state index is 0.600. The van der Waals surface area contributed by atoms with Crippen LogP contribution in [0.2, 0.25) is 0 Å². The van der Waals surface area contributed by atoms with Crippen molar-refractivity contribution < 1.29 is 4.74 Å². The smallest absolute Gasteiger partial charge is 0.224 e. The van der Waals surface area contributed by atoms with Crippen LogP contribution in [0.25, 0.3) is 0 Å². The minimum Gasteiger partial charge on any atom is -0.494 e. The van der Waals surface area contributed by atoms with Gasteiger partial charge in [0.15, 0.2) is 0 Å². The molecule has 0 aliphatic carbocycles. The quantitative estimate of drug-likeness (QED) is 0.863. The maximum absolute atomic E-state index is 5.47. The Kier molecular flexibility index (Phi) is 4.18. The van der Waals surface area contributed by atoms with Crippen LogP contribution in [0.4, 0.5) is 17.5 Å². The third-order valence-electron chi connectivity index (χ3n) is 2.50. The standard InChI is InChI=1S/C14H18N4O/c1-4-19-12-7-5-6-11(9-12)17-13-8-10(2)16-14(15-3)18-13/h5-9H,4H2,1-3H3,(H2,15,16,17,18). The van der Waals surface area contributed by atoms with E-state index in [-0.39, 0.29) is 0 Å². The Labute approximate surface area is 113 Å². The van der Waals surface area contributed by atoms with E-state index in [4.69, 9.17) is 4.74 Å². The van der Waals surface area contributed by atoms with Crippen molar-refractivity contribution in [2.45, 2.75) is 13.8 Å². The summed E-state index contributed by atoms with van der Waals surface area (Å²) in [5.74, 6) is 2.20. The lowest BCUT2D eigenvalue weighted by Crippen LogP contribution is -2.02. The molecule has 0 bridgehead atoms. The van der Waals surface area contributed by atoms with Crippen molar-refractivity contribution in [1.29, 1.82) is 0 Å². The van der Waals surface area contributed by atoms with Gasteiger partial charge in [0.05, 0.1) is 6.61 Å². The molecule has 0 fully saturated rings. The molecule has 0 atom stereocenters. The van der Waals surface area contributed by atoms with E-state index >= 15 is 0 Å². The number of benzene rings is 1. The maximum atomic E-state index is 5.47. The summed E-state index contributed by atoms with van der Waals surface area (Å²) in [6.45, 7) is 4.55. The third-order valence-corrected chi connectivity index (χ3v) is 2.50. The van der Waals surface area contributed by atoms with Crippen LogP contribution in [0.15, 0.2) is 30.3 Å². The fraction of sp³-hybridized carbons (Fsp3) is 0.286. The monoisotopic (exact) mass is 258 g/mol. The second kappa shape index (κ2) is 6.04. The maximum Gasteiger partial charge on any atom is 0.224 e. The Hall–Kier alpha value is -2.30. The highest BCUT2D eigenvalue weighted by atomic mass is 16.5. The summed E-state index contributed by atoms with van der Waals surface area (Å²) in [4.78, 5) is 8.60. The second-order valence-corrected chi connectivity index (χ2v) is 4.05. The number of hydrogen-bond donors (Lipinski definition) is 2. The third kappa shape index (κ3) is 3.58. The topological polar surface area (TPSA) is 59.1 Å². The first-order valence-corrected chi connectivity index (χ1v) is 6.24. The van der Waals surface area contributed by atoms with Crippen molar-refractivity contribution in [3.8, 4) is 5.75 Å². The summed E-state index contributed by atoms with van der Waals surface area (Å²) < 4.78 is 5.47. The predicted octanol–water partition coefficient (Wildman–Crippen LogP) is 2.97. The summed E-state index contributed by atoms with van der Waals surface area (Å²) in [5, 5.41) is 6.19. The second-order valence-electron chi connectivity index (χ2n) is 4.05. The lowest BCUT2D eigenvalue weighted by molar-refractivity contribution is 0.340. The average molecular weight is 258 g/mol. The van der Waals surface area contributed by atoms with E-state index in [1.165, 1.54) is 0 Å². The number of ether oxygens (including phenoxy) is 1. The molecule has 0 saturated heterocycles. The van der Waals surface area contributed by atoms with Crippen molar-refractivity contribution >= 4 is 17.5 Å². The van der Waals surface area contributed by atoms with E-state index in [1.54, 1.807) is 7.05 Å². The molecular formula is C14H18N4O. The van der Waals surface area contributed by atoms with Crippen LogP contribution in [-0.2, 0) is 0 Å². The first-order chi connectivity index (χ1) is 9.21. The molecule has 0 spiro atoms. The summed E-state index contributed by atoms with van der Waals surface area (Å²) in [7, 11) is 1.80. The SMILES string of the molecule is CCOc1cccc(Nc2cc(C)nc(NC)n2)c1. The Morgan fingerprint density at radius 2 is 2.05 bits per heavy atom. The summed E-state index contributed by atoms with van der Waals surface area (Å²) in [5.41, 5.74) is 1.84. The Bertz CT molecular complexity index is 557. The van der Waals surface area contributed by atoms with Crippen LogP contribution in [0.5, 0.6) is 5.75 Å². The van der Waals surface area contributed by atoms with E-state index in [1.807, 2.05) is 44.2 Å². The molecule has 0 aliphatic heterocycles. The number of nitrogens with zero attached hydrogens (tertiary/aromatic N) is 2. The molecule has 19 heavy (non-hydrogen) atoms. The van der Waals surface area contributed by atoms with Gasteiger partial charge in [-0.05, 0) is 26.0 Å². The van der Waals surface area contributed by atoms with Gasteiger partial charge in [-0.2, -0.15) is 4.98 Å². The average Bonchev–Trinajstić information content (AvgIpc) is 2.39. The molecule has 0 amide bonds. The van der Waals surface area contributed by atoms with E-state index in [9.17, 15) is 0 Å². The number of hydrogen-bond acceptors (Lipinski definition) is 5. The van der Waals surface area contributed by atoms with Gasteiger partial charge in [0.1, 0.15) is 11.6 Å². The van der Waals surface area contributed by atoms with Crippen LogP contribution in [0.1, 0.15) is 12.6 Å². The lowest BCUT2D eigenvalue weighted by atomic mass is 10.3. The highest BCUT2D eigenvalue weighted by molar-refractivity contribution is 5.59. The molecule has 1 heterocycles. The van der Waals surface area contributed by atoms with Gasteiger partial charge in [0.25, 0.3) is 0 Å². The van der Waals surface area contributed by atoms with E-state index < -0.39 is 0 Å². The lowest BCUT2D eigenvalue weighted by Gasteiger charge is -2.09. The summed E-state index contributed by atoms with van der Waals surface area (Å²) in [6.07, 6.45) is 0. The normalized spacial score (nSPS) is 10.1. The Morgan fingerprint density at radius 3 is 2.79 bits per heavy atom. The van der Waals surface area contributed by atoms with Gasteiger partial charge in [-0.15, -0.1) is 0 Å². The van der Waals surface area contributed by atoms with Gasteiger partial charge < -0.3 is 15.4 Å². The number of aryl methyl sites for hydroxylation is 1. The highest BCUT2D eigenvalue weighted by Crippen LogP contribution is 2.21. The van der Waals surface area contributed by atoms with Gasteiger partial charge in [-0.25, -0.2) is 4.98 Å². The largest absolute Gasteiger partial charge is 0.494 e. The van der Waals surface area contributed by atoms with E-state index in [0.717, 1.165) is 22.9 Å². The molecule has 5 nitrogen and oxygen atoms in total. The van der Waals surface area contributed by atoms with Crippen molar-refractivity contribution in [2.75, 3.05) is 24.3 Å². The number of rotatable bonds is 5. The molecule has 0 aliphatic rings. The molecular weight excluding hydrogens is 240 g/mol. The number of aromatic nitrogens is 2. The summed E-state index contributed by atoms with van der Waals surface area (Å²) >= 11 is 0. The van der Waals surface area contributed by atoms with Crippen molar-refractivity contribution in [1.82, 2.24) is 9.97 Å². The molecule has 0 radical (unpaired) electrons. The zero-order chi connectivity index (χ0) is 13.7. The van der Waals surface area contributed by atoms with Crippen molar-refractivity contribution in [3.05, 3.63) is 36.0 Å². The van der Waals surface area contributed by atoms with Crippen LogP contribution in [-0.4, -0.2) is 23.6 Å². The molecule has 2 rings (SSSR count). The van der Waals surface area contributed by atoms with Crippen molar-refractivity contribution in [2.24, 2.45) is 0 Å². The van der Waals surface area contributed by atoms with Crippen LogP contribution in [0, 0.1) is 6.92 Å². The molecule has 1 aromatic heterocycles. The predicted molar refractivity (Wildman–Crippen MR) is 77.2 cm³/mol. The van der Waals surface area contributed by atoms with Crippen molar-refractivity contribution in [3.63, 3.8) is 0 Å². The number of anilines is 3. The fourth-order valence-corrected chi connectivity index (χ4v) is 1.72. The zero-order valence-electron chi connectivity index (χ0n) is 11.4. The number of nitrogens with one attached hydrogen (secondary N) is 2. The van der Waals surface area contributed by atoms with Crippen LogP contribution < -0.4 is 15.4 Å². The van der Waals surface area contributed by atoms with Gasteiger partial charge in [-0.1, -0.05) is 6.07 Å². The first kappa shape index (κ1) is 13.1. The zero-order valence-corrected chi connectivity index (χ0v) is 11.4. The van der Waals surface area contributed by atoms with Crippen LogP contribution in [0.3, 0.4) is 0 Å². The van der Waals surface area contributed by atoms with Gasteiger partial charge in [-0.3, -0.25) is 0 Å². The summed E-state index contributed by atoms with van der Waals surface area (Å²) in [6, 6.07) is 9.69. The molecule has 5 heteroatoms. The molecule has 0 unspecified atom stereocenters. The molecule has 100 valence electrons. The molecule has 1 aromatic carbocycles.